The lowest BCUT2D eigenvalue weighted by Gasteiger charge is -2.09. The third-order valence-corrected chi connectivity index (χ3v) is 6.11. The number of sulfonamides is 1. The van der Waals surface area contributed by atoms with Gasteiger partial charge in [-0.3, -0.25) is 14.3 Å². The summed E-state index contributed by atoms with van der Waals surface area (Å²) in [7, 11) is -3.84. The first-order chi connectivity index (χ1) is 14.7. The first-order valence-corrected chi connectivity index (χ1v) is 11.4. The molecule has 160 valence electrons. The predicted molar refractivity (Wildman–Crippen MR) is 116 cm³/mol. The maximum atomic E-state index is 12.4. The Kier molecular flexibility index (Phi) is 7.05. The maximum absolute atomic E-state index is 12.4. The second-order valence-corrected chi connectivity index (χ2v) is 9.02. The van der Waals surface area contributed by atoms with Crippen molar-refractivity contribution in [1.29, 1.82) is 0 Å². The highest BCUT2D eigenvalue weighted by atomic mass is 35.5. The lowest BCUT2D eigenvalue weighted by molar-refractivity contribution is -0.126. The van der Waals surface area contributed by atoms with E-state index in [1.54, 1.807) is 24.3 Å². The Bertz CT molecular complexity index is 1200. The molecule has 1 aromatic heterocycles. The highest BCUT2D eigenvalue weighted by molar-refractivity contribution is 7.93. The normalized spacial score (nSPS) is 12.5. The molecular weight excluding hydrogens is 464 g/mol. The second kappa shape index (κ2) is 9.73. The average molecular weight is 479 g/mol. The summed E-state index contributed by atoms with van der Waals surface area (Å²) in [4.78, 5) is 24.2. The molecule has 0 unspecified atom stereocenters. The van der Waals surface area contributed by atoms with Gasteiger partial charge in [0.15, 0.2) is 5.78 Å². The first-order valence-electron chi connectivity index (χ1n) is 8.61. The van der Waals surface area contributed by atoms with E-state index in [2.05, 4.69) is 30.5 Å². The fraction of sp³-hybridized carbons (Fsp3) is 0.111. The number of aromatic nitrogens is 2. The molecule has 0 saturated heterocycles. The number of nitrogens with one attached hydrogen (secondary N) is 2. The van der Waals surface area contributed by atoms with Gasteiger partial charge in [0, 0.05) is 10.7 Å². The SMILES string of the molecule is CC(=O)[C@H](N=Nc1ccc(S(=O)(=O)Nc2nncs2)cc1)C(=O)Nc1ccc(Cl)cc1. The van der Waals surface area contributed by atoms with Gasteiger partial charge in [0.2, 0.25) is 11.2 Å². The van der Waals surface area contributed by atoms with Gasteiger partial charge < -0.3 is 5.32 Å². The van der Waals surface area contributed by atoms with Crippen LogP contribution in [0.25, 0.3) is 0 Å². The number of hydrogen-bond acceptors (Lipinski definition) is 9. The van der Waals surface area contributed by atoms with E-state index in [1.807, 2.05) is 0 Å². The highest BCUT2D eigenvalue weighted by Crippen LogP contribution is 2.21. The molecule has 0 aliphatic rings. The van der Waals surface area contributed by atoms with E-state index in [0.717, 1.165) is 11.3 Å². The minimum atomic E-state index is -3.84. The maximum Gasteiger partial charge on any atom is 0.263 e. The molecule has 31 heavy (non-hydrogen) atoms. The molecule has 3 rings (SSSR count). The van der Waals surface area contributed by atoms with Crippen LogP contribution in [0.1, 0.15) is 6.92 Å². The number of Topliss-reactive ketones (excluding diaryl/α,β-unsaturated/α-hetero) is 1. The van der Waals surface area contributed by atoms with E-state index in [1.165, 1.54) is 36.7 Å². The number of rotatable bonds is 8. The molecule has 10 nitrogen and oxygen atoms in total. The molecule has 0 aliphatic carbocycles. The Labute approximate surface area is 186 Å². The Hall–Kier alpha value is -3.22. The number of amides is 1. The van der Waals surface area contributed by atoms with Gasteiger partial charge in [0.1, 0.15) is 5.51 Å². The topological polar surface area (TPSA) is 143 Å². The summed E-state index contributed by atoms with van der Waals surface area (Å²) < 4.78 is 26.9. The van der Waals surface area contributed by atoms with Crippen molar-refractivity contribution in [2.75, 3.05) is 10.0 Å². The number of ketones is 1. The second-order valence-electron chi connectivity index (χ2n) is 6.07. The van der Waals surface area contributed by atoms with Crippen LogP contribution in [0.4, 0.5) is 16.5 Å². The standard InChI is InChI=1S/C18H15ClN6O4S2/c1-11(26)16(17(27)21-13-4-2-12(19)3-5-13)23-22-14-6-8-15(9-7-14)31(28,29)25-18-24-20-10-30-18/h2-10,16H,1H3,(H,21,27)(H,24,25)/t16-/m0/s1. The Morgan fingerprint density at radius 3 is 2.35 bits per heavy atom. The zero-order chi connectivity index (χ0) is 22.4. The van der Waals surface area contributed by atoms with Crippen LogP contribution < -0.4 is 10.0 Å². The van der Waals surface area contributed by atoms with Gasteiger partial charge >= 0.3 is 0 Å². The summed E-state index contributed by atoms with van der Waals surface area (Å²) in [6.07, 6.45) is 0. The first kappa shape index (κ1) is 22.5. The van der Waals surface area contributed by atoms with Gasteiger partial charge in [0.25, 0.3) is 15.9 Å². The summed E-state index contributed by atoms with van der Waals surface area (Å²) >= 11 is 6.85. The summed E-state index contributed by atoms with van der Waals surface area (Å²) in [5.41, 5.74) is 2.12. The number of nitrogens with zero attached hydrogens (tertiary/aromatic N) is 4. The van der Waals surface area contributed by atoms with Gasteiger partial charge in [0.05, 0.1) is 10.6 Å². The third kappa shape index (κ3) is 6.13. The minimum Gasteiger partial charge on any atom is -0.324 e. The molecule has 13 heteroatoms. The molecule has 0 saturated carbocycles. The molecule has 1 heterocycles. The third-order valence-electron chi connectivity index (χ3n) is 3.76. The smallest absolute Gasteiger partial charge is 0.263 e. The Balaban J connectivity index is 1.70. The van der Waals surface area contributed by atoms with Crippen molar-refractivity contribution in [3.63, 3.8) is 0 Å². The van der Waals surface area contributed by atoms with Crippen LogP contribution in [-0.4, -0.2) is 36.3 Å². The number of halogens is 1. The van der Waals surface area contributed by atoms with Crippen LogP contribution in [0.15, 0.2) is 69.2 Å². The quantitative estimate of drug-likeness (QED) is 0.373. The number of hydrogen-bond donors (Lipinski definition) is 2. The van der Waals surface area contributed by atoms with Crippen LogP contribution in [-0.2, 0) is 19.6 Å². The van der Waals surface area contributed by atoms with Crippen LogP contribution in [0.2, 0.25) is 5.02 Å². The zero-order valence-corrected chi connectivity index (χ0v) is 18.3. The van der Waals surface area contributed by atoms with Gasteiger partial charge in [-0.15, -0.1) is 10.2 Å². The van der Waals surface area contributed by atoms with E-state index >= 15 is 0 Å². The number of carbonyl (C=O) groups excluding carboxylic acids is 2. The molecule has 2 aromatic carbocycles. The van der Waals surface area contributed by atoms with E-state index in [4.69, 9.17) is 11.6 Å². The summed E-state index contributed by atoms with van der Waals surface area (Å²) in [5.74, 6) is -1.16. The van der Waals surface area contributed by atoms with Crippen LogP contribution in [0.3, 0.4) is 0 Å². The number of benzene rings is 2. The Morgan fingerprint density at radius 2 is 1.77 bits per heavy atom. The predicted octanol–water partition coefficient (Wildman–Crippen LogP) is 3.67. The molecule has 1 amide bonds. The molecule has 3 aromatic rings. The van der Waals surface area contributed by atoms with Crippen LogP contribution >= 0.6 is 22.9 Å². The zero-order valence-electron chi connectivity index (χ0n) is 15.9. The molecule has 0 spiro atoms. The van der Waals surface area contributed by atoms with E-state index in [9.17, 15) is 18.0 Å². The van der Waals surface area contributed by atoms with Crippen LogP contribution in [0.5, 0.6) is 0 Å². The van der Waals surface area contributed by atoms with E-state index in [0.29, 0.717) is 10.7 Å². The summed E-state index contributed by atoms with van der Waals surface area (Å²) in [5, 5.41) is 18.1. The van der Waals surface area contributed by atoms with Crippen molar-refractivity contribution >= 4 is 61.2 Å². The van der Waals surface area contributed by atoms with Gasteiger partial charge in [-0.25, -0.2) is 8.42 Å². The number of anilines is 2. The van der Waals surface area contributed by atoms with Crippen molar-refractivity contribution in [3.05, 3.63) is 59.1 Å². The Morgan fingerprint density at radius 1 is 1.10 bits per heavy atom. The lowest BCUT2D eigenvalue weighted by atomic mass is 10.2. The fourth-order valence-electron chi connectivity index (χ4n) is 2.27. The van der Waals surface area contributed by atoms with Crippen molar-refractivity contribution in [1.82, 2.24) is 10.2 Å². The lowest BCUT2D eigenvalue weighted by Crippen LogP contribution is -2.31. The van der Waals surface area contributed by atoms with Gasteiger partial charge in [-0.1, -0.05) is 22.9 Å². The molecule has 0 bridgehead atoms. The average Bonchev–Trinajstić information content (AvgIpc) is 3.22. The van der Waals surface area contributed by atoms with Crippen molar-refractivity contribution < 1.29 is 18.0 Å². The van der Waals surface area contributed by atoms with E-state index < -0.39 is 27.8 Å². The van der Waals surface area contributed by atoms with E-state index in [-0.39, 0.29) is 15.7 Å². The molecule has 2 N–H and O–H groups in total. The van der Waals surface area contributed by atoms with Crippen molar-refractivity contribution in [2.45, 2.75) is 17.9 Å². The molecule has 1 atom stereocenters. The highest BCUT2D eigenvalue weighted by Gasteiger charge is 2.23. The summed E-state index contributed by atoms with van der Waals surface area (Å²) in [6, 6.07) is 10.4. The molecular formula is C18H15ClN6O4S2. The van der Waals surface area contributed by atoms with Crippen molar-refractivity contribution in [3.8, 4) is 0 Å². The molecule has 0 fully saturated rings. The largest absolute Gasteiger partial charge is 0.324 e. The van der Waals surface area contributed by atoms with Crippen molar-refractivity contribution in [2.24, 2.45) is 10.2 Å². The monoisotopic (exact) mass is 478 g/mol. The van der Waals surface area contributed by atoms with Gasteiger partial charge in [-0.2, -0.15) is 10.2 Å². The number of carbonyl (C=O) groups is 2. The minimum absolute atomic E-state index is 0.0229. The molecule has 0 radical (unpaired) electrons. The number of azo groups is 1. The fourth-order valence-corrected chi connectivity index (χ4v) is 4.09. The van der Waals surface area contributed by atoms with Crippen LogP contribution in [0, 0.1) is 0 Å². The summed E-state index contributed by atoms with van der Waals surface area (Å²) in [6.45, 7) is 1.22. The van der Waals surface area contributed by atoms with Gasteiger partial charge in [-0.05, 0) is 55.5 Å². The molecule has 0 aliphatic heterocycles.